The minimum atomic E-state index is -4.32. The fourth-order valence-electron chi connectivity index (χ4n) is 2.25. The summed E-state index contributed by atoms with van der Waals surface area (Å²) in [6.07, 6.45) is -5.80. The Kier molecular flexibility index (Phi) is 5.76. The summed E-state index contributed by atoms with van der Waals surface area (Å²) in [6.45, 7) is 1.75. The summed E-state index contributed by atoms with van der Waals surface area (Å²) < 4.78 is 42.3. The molecule has 0 bridgehead atoms. The van der Waals surface area contributed by atoms with Crippen LogP contribution in [0.25, 0.3) is 0 Å². The lowest BCUT2D eigenvalue weighted by Crippen LogP contribution is -2.30. The lowest BCUT2D eigenvalue weighted by Gasteiger charge is -2.15. The molecule has 2 N–H and O–H groups in total. The Hall–Kier alpha value is -1.74. The number of aryl methyl sites for hydroxylation is 1. The molecule has 1 fully saturated rings. The zero-order chi connectivity index (χ0) is 17.9. The molecule has 1 aliphatic rings. The van der Waals surface area contributed by atoms with Crippen LogP contribution in [0.3, 0.4) is 0 Å². The standard InChI is InChI=1S/C15H16F3NO4S/c1-8-2-5-12(24-7-15(16,17)18)9(6-8)19-13(20)10-3-4-11(23-10)14(21)22/h2,5-6,10-11H,3-4,7H2,1H3,(H,19,20)(H,21,22)/t10-,11+/m0/s1. The molecule has 0 unspecified atom stereocenters. The summed E-state index contributed by atoms with van der Waals surface area (Å²) in [6, 6.07) is 4.73. The molecule has 24 heavy (non-hydrogen) atoms. The van der Waals surface area contributed by atoms with E-state index in [9.17, 15) is 22.8 Å². The van der Waals surface area contributed by atoms with Crippen molar-refractivity contribution in [2.45, 2.75) is 43.0 Å². The number of amides is 1. The number of alkyl halides is 3. The van der Waals surface area contributed by atoms with Crippen LogP contribution in [0.2, 0.25) is 0 Å². The number of ether oxygens (including phenoxy) is 1. The van der Waals surface area contributed by atoms with Gasteiger partial charge in [0.1, 0.15) is 6.10 Å². The molecule has 0 aromatic heterocycles. The molecular weight excluding hydrogens is 347 g/mol. The summed E-state index contributed by atoms with van der Waals surface area (Å²) >= 11 is 0.578. The zero-order valence-electron chi connectivity index (χ0n) is 12.7. The van der Waals surface area contributed by atoms with E-state index in [0.717, 1.165) is 5.56 Å². The molecule has 1 aromatic carbocycles. The first-order chi connectivity index (χ1) is 11.2. The highest BCUT2D eigenvalue weighted by Crippen LogP contribution is 2.33. The Morgan fingerprint density at radius 2 is 2.00 bits per heavy atom. The van der Waals surface area contributed by atoms with E-state index >= 15 is 0 Å². The number of hydrogen-bond donors (Lipinski definition) is 2. The number of halogens is 3. The van der Waals surface area contributed by atoms with Gasteiger partial charge in [-0.25, -0.2) is 4.79 Å². The quantitative estimate of drug-likeness (QED) is 0.786. The second-order valence-electron chi connectivity index (χ2n) is 5.42. The number of carbonyl (C=O) groups excluding carboxylic acids is 1. The first-order valence-electron chi connectivity index (χ1n) is 7.15. The van der Waals surface area contributed by atoms with E-state index in [-0.39, 0.29) is 18.5 Å². The molecule has 0 spiro atoms. The SMILES string of the molecule is Cc1ccc(SCC(F)(F)F)c(NC(=O)[C@@H]2CC[C@H](C(=O)O)O2)c1. The molecule has 5 nitrogen and oxygen atoms in total. The fourth-order valence-corrected chi connectivity index (χ4v) is 3.00. The number of aliphatic carboxylic acids is 1. The topological polar surface area (TPSA) is 75.6 Å². The number of thioether (sulfide) groups is 1. The molecule has 132 valence electrons. The molecule has 1 amide bonds. The van der Waals surface area contributed by atoms with Crippen molar-refractivity contribution in [3.63, 3.8) is 0 Å². The Bertz CT molecular complexity index is 636. The molecule has 0 aliphatic carbocycles. The van der Waals surface area contributed by atoms with Gasteiger partial charge in [-0.15, -0.1) is 11.8 Å². The van der Waals surface area contributed by atoms with Gasteiger partial charge in [-0.2, -0.15) is 13.2 Å². The lowest BCUT2D eigenvalue weighted by atomic mass is 10.1. The predicted molar refractivity (Wildman–Crippen MR) is 82.1 cm³/mol. The first kappa shape index (κ1) is 18.6. The average Bonchev–Trinajstić information content (AvgIpc) is 2.95. The molecular formula is C15H16F3NO4S. The van der Waals surface area contributed by atoms with Gasteiger partial charge < -0.3 is 15.2 Å². The van der Waals surface area contributed by atoms with E-state index in [1.165, 1.54) is 6.07 Å². The van der Waals surface area contributed by atoms with Gasteiger partial charge >= 0.3 is 12.1 Å². The molecule has 2 rings (SSSR count). The van der Waals surface area contributed by atoms with E-state index in [2.05, 4.69) is 5.32 Å². The van der Waals surface area contributed by atoms with Crippen LogP contribution >= 0.6 is 11.8 Å². The highest BCUT2D eigenvalue weighted by molar-refractivity contribution is 7.99. The van der Waals surface area contributed by atoms with Gasteiger partial charge in [0.15, 0.2) is 6.10 Å². The molecule has 9 heteroatoms. The first-order valence-corrected chi connectivity index (χ1v) is 8.13. The minimum Gasteiger partial charge on any atom is -0.479 e. The van der Waals surface area contributed by atoms with Gasteiger partial charge in [0.25, 0.3) is 5.91 Å². The highest BCUT2D eigenvalue weighted by Gasteiger charge is 2.35. The second kappa shape index (κ2) is 7.43. The molecule has 2 atom stereocenters. The number of hydrogen-bond acceptors (Lipinski definition) is 4. The Labute approximate surface area is 140 Å². The number of anilines is 1. The predicted octanol–water partition coefficient (Wildman–Crippen LogP) is 3.22. The van der Waals surface area contributed by atoms with Crippen molar-refractivity contribution in [2.75, 3.05) is 11.1 Å². The van der Waals surface area contributed by atoms with Gasteiger partial charge in [-0.05, 0) is 37.5 Å². The summed E-state index contributed by atoms with van der Waals surface area (Å²) in [5, 5.41) is 11.4. The van der Waals surface area contributed by atoms with Crippen LogP contribution in [0.15, 0.2) is 23.1 Å². The number of benzene rings is 1. The van der Waals surface area contributed by atoms with Crippen LogP contribution in [0.1, 0.15) is 18.4 Å². The monoisotopic (exact) mass is 363 g/mol. The molecule has 1 heterocycles. The number of nitrogens with one attached hydrogen (secondary N) is 1. The third-order valence-corrected chi connectivity index (χ3v) is 4.51. The van der Waals surface area contributed by atoms with Crippen molar-refractivity contribution in [3.05, 3.63) is 23.8 Å². The number of rotatable bonds is 5. The van der Waals surface area contributed by atoms with E-state index in [4.69, 9.17) is 9.84 Å². The van der Waals surface area contributed by atoms with Crippen molar-refractivity contribution in [1.82, 2.24) is 0 Å². The van der Waals surface area contributed by atoms with Crippen LogP contribution in [0.4, 0.5) is 18.9 Å². The molecule has 1 aromatic rings. The third-order valence-electron chi connectivity index (χ3n) is 3.37. The van der Waals surface area contributed by atoms with Crippen LogP contribution < -0.4 is 5.32 Å². The van der Waals surface area contributed by atoms with E-state index in [1.807, 2.05) is 0 Å². The highest BCUT2D eigenvalue weighted by atomic mass is 32.2. The van der Waals surface area contributed by atoms with Crippen LogP contribution in [0, 0.1) is 6.92 Å². The Morgan fingerprint density at radius 3 is 2.58 bits per heavy atom. The van der Waals surface area contributed by atoms with Crippen molar-refractivity contribution >= 4 is 29.3 Å². The molecule has 0 radical (unpaired) electrons. The van der Waals surface area contributed by atoms with Crippen LogP contribution in [0.5, 0.6) is 0 Å². The Morgan fingerprint density at radius 1 is 1.33 bits per heavy atom. The maximum absolute atomic E-state index is 12.4. The van der Waals surface area contributed by atoms with E-state index in [1.54, 1.807) is 19.1 Å². The maximum Gasteiger partial charge on any atom is 0.398 e. The van der Waals surface area contributed by atoms with E-state index in [0.29, 0.717) is 16.7 Å². The fraction of sp³-hybridized carbons (Fsp3) is 0.467. The second-order valence-corrected chi connectivity index (χ2v) is 6.44. The maximum atomic E-state index is 12.4. The summed E-state index contributed by atoms with van der Waals surface area (Å²) in [5.41, 5.74) is 1.04. The number of carboxylic acids is 1. The van der Waals surface area contributed by atoms with Gasteiger partial charge in [0, 0.05) is 4.90 Å². The smallest absolute Gasteiger partial charge is 0.398 e. The number of carbonyl (C=O) groups is 2. The zero-order valence-corrected chi connectivity index (χ0v) is 13.5. The average molecular weight is 363 g/mol. The van der Waals surface area contributed by atoms with Crippen LogP contribution in [-0.4, -0.2) is 41.1 Å². The van der Waals surface area contributed by atoms with Gasteiger partial charge in [-0.1, -0.05) is 6.07 Å². The molecule has 1 saturated heterocycles. The molecule has 0 saturated carbocycles. The van der Waals surface area contributed by atoms with Gasteiger partial charge in [0.2, 0.25) is 0 Å². The Balaban J connectivity index is 2.06. The summed E-state index contributed by atoms with van der Waals surface area (Å²) in [5.74, 6) is -2.76. The largest absolute Gasteiger partial charge is 0.479 e. The van der Waals surface area contributed by atoms with Crippen molar-refractivity contribution in [2.24, 2.45) is 0 Å². The normalized spacial score (nSPS) is 20.8. The minimum absolute atomic E-state index is 0.219. The summed E-state index contributed by atoms with van der Waals surface area (Å²) in [7, 11) is 0. The van der Waals surface area contributed by atoms with Gasteiger partial charge in [0.05, 0.1) is 11.4 Å². The lowest BCUT2D eigenvalue weighted by molar-refractivity contribution is -0.150. The van der Waals surface area contributed by atoms with Crippen LogP contribution in [-0.2, 0) is 14.3 Å². The van der Waals surface area contributed by atoms with E-state index < -0.39 is 36.0 Å². The van der Waals surface area contributed by atoms with Crippen molar-refractivity contribution in [3.8, 4) is 0 Å². The number of carboxylic acid groups (broad SMARTS) is 1. The third kappa shape index (κ3) is 5.13. The van der Waals surface area contributed by atoms with Crippen molar-refractivity contribution < 1.29 is 32.6 Å². The summed E-state index contributed by atoms with van der Waals surface area (Å²) in [4.78, 5) is 23.3. The molecule has 1 aliphatic heterocycles. The van der Waals surface area contributed by atoms with Gasteiger partial charge in [-0.3, -0.25) is 4.79 Å². The van der Waals surface area contributed by atoms with Crippen molar-refractivity contribution in [1.29, 1.82) is 0 Å².